The predicted octanol–water partition coefficient (Wildman–Crippen LogP) is 0.752. The van der Waals surface area contributed by atoms with Gasteiger partial charge in [-0.2, -0.15) is 0 Å². The second-order valence-corrected chi connectivity index (χ2v) is 1.59. The van der Waals surface area contributed by atoms with Crippen LogP contribution >= 0.6 is 0 Å². The maximum atomic E-state index is 9.99. The molecule has 9 heavy (non-hydrogen) atoms. The van der Waals surface area contributed by atoms with E-state index < -0.39 is 0 Å². The average molecular weight is 134 g/mol. The summed E-state index contributed by atoms with van der Waals surface area (Å²) in [6.45, 7) is 1.83. The van der Waals surface area contributed by atoms with Crippen LogP contribution in [-0.2, 0) is 0 Å². The first-order valence-electron chi connectivity index (χ1n) is 2.34. The number of rotatable bonds is 1. The van der Waals surface area contributed by atoms with E-state index in [1.165, 1.54) is 6.26 Å². The Balaban J connectivity index is 0.000000640. The van der Waals surface area contributed by atoms with Gasteiger partial charge in [0.2, 0.25) is 0 Å². The molecule has 0 saturated carbocycles. The third-order valence-electron chi connectivity index (χ3n) is 1.01. The van der Waals surface area contributed by atoms with Gasteiger partial charge in [0.1, 0.15) is 0 Å². The van der Waals surface area contributed by atoms with Gasteiger partial charge in [0.25, 0.3) is 0 Å². The molecule has 0 aliphatic heterocycles. The van der Waals surface area contributed by atoms with E-state index in [-0.39, 0.29) is 29.6 Å². The van der Waals surface area contributed by atoms with E-state index >= 15 is 0 Å². The Bertz CT molecular complexity index is 193. The first-order chi connectivity index (χ1) is 3.84. The van der Waals surface area contributed by atoms with Crippen LogP contribution in [0, 0.1) is 6.92 Å². The molecule has 0 radical (unpaired) electrons. The van der Waals surface area contributed by atoms with Gasteiger partial charge in [-0.15, -0.1) is 0 Å². The molecule has 0 aliphatic carbocycles. The molecule has 0 amide bonds. The van der Waals surface area contributed by atoms with Gasteiger partial charge in [-0.05, 0) is 18.6 Å². The van der Waals surface area contributed by atoms with Crippen molar-refractivity contribution in [2.24, 2.45) is 0 Å². The van der Waals surface area contributed by atoms with Crippen molar-refractivity contribution < 1.29 is 9.21 Å². The van der Waals surface area contributed by atoms with Gasteiger partial charge in [0, 0.05) is 0 Å². The number of furan rings is 1. The third kappa shape index (κ3) is 1.97. The van der Waals surface area contributed by atoms with E-state index in [2.05, 4.69) is 0 Å². The van der Waals surface area contributed by atoms with Gasteiger partial charge in [-0.3, -0.25) is 4.79 Å². The predicted molar refractivity (Wildman–Crippen MR) is 36.0 cm³/mol. The SMILES string of the molecule is Cc1ccoc1C=O.[NaH]. The van der Waals surface area contributed by atoms with Crippen LogP contribution in [0.3, 0.4) is 0 Å². The summed E-state index contributed by atoms with van der Waals surface area (Å²) in [5.74, 6) is 0.421. The molecule has 2 nitrogen and oxygen atoms in total. The number of carbonyl (C=O) groups is 1. The minimum absolute atomic E-state index is 0. The zero-order valence-electron chi connectivity index (χ0n) is 4.55. The van der Waals surface area contributed by atoms with E-state index in [9.17, 15) is 4.79 Å². The molecule has 0 unspecified atom stereocenters. The summed E-state index contributed by atoms with van der Waals surface area (Å²) in [6.07, 6.45) is 2.20. The summed E-state index contributed by atoms with van der Waals surface area (Å²) in [6, 6.07) is 1.75. The monoisotopic (exact) mass is 134 g/mol. The first kappa shape index (κ1) is 8.95. The topological polar surface area (TPSA) is 30.2 Å². The van der Waals surface area contributed by atoms with Crippen molar-refractivity contribution in [1.82, 2.24) is 0 Å². The summed E-state index contributed by atoms with van der Waals surface area (Å²) in [7, 11) is 0. The molecule has 0 saturated heterocycles. The summed E-state index contributed by atoms with van der Waals surface area (Å²) in [4.78, 5) is 9.99. The molecule has 44 valence electrons. The number of aryl methyl sites for hydroxylation is 1. The normalized spacial score (nSPS) is 8.11. The summed E-state index contributed by atoms with van der Waals surface area (Å²) < 4.78 is 4.75. The van der Waals surface area contributed by atoms with E-state index in [0.717, 1.165) is 5.56 Å². The number of hydrogen-bond donors (Lipinski definition) is 0. The van der Waals surface area contributed by atoms with Crippen molar-refractivity contribution in [3.8, 4) is 0 Å². The van der Waals surface area contributed by atoms with E-state index in [0.29, 0.717) is 12.0 Å². The summed E-state index contributed by atoms with van der Waals surface area (Å²) >= 11 is 0. The molecule has 3 heteroatoms. The maximum absolute atomic E-state index is 9.99. The zero-order valence-corrected chi connectivity index (χ0v) is 4.55. The van der Waals surface area contributed by atoms with Gasteiger partial charge < -0.3 is 4.42 Å². The van der Waals surface area contributed by atoms with Crippen LogP contribution in [0.15, 0.2) is 16.7 Å². The minimum atomic E-state index is 0. The van der Waals surface area contributed by atoms with Gasteiger partial charge in [-0.25, -0.2) is 0 Å². The Morgan fingerprint density at radius 3 is 2.56 bits per heavy atom. The van der Waals surface area contributed by atoms with Crippen LogP contribution in [0.4, 0.5) is 0 Å². The molecule has 0 aliphatic rings. The molecule has 0 bridgehead atoms. The fourth-order valence-corrected chi connectivity index (χ4v) is 0.505. The molecule has 0 spiro atoms. The van der Waals surface area contributed by atoms with Crippen molar-refractivity contribution in [3.63, 3.8) is 0 Å². The van der Waals surface area contributed by atoms with Crippen LogP contribution in [0.2, 0.25) is 0 Å². The quantitative estimate of drug-likeness (QED) is 0.419. The van der Waals surface area contributed by atoms with Crippen molar-refractivity contribution >= 4 is 35.8 Å². The Kier molecular flexibility index (Phi) is 3.86. The summed E-state index contributed by atoms with van der Waals surface area (Å²) in [5.41, 5.74) is 0.889. The van der Waals surface area contributed by atoms with Crippen molar-refractivity contribution in [2.75, 3.05) is 0 Å². The Hall–Kier alpha value is -0.0500. The van der Waals surface area contributed by atoms with Crippen LogP contribution in [0.25, 0.3) is 0 Å². The Labute approximate surface area is 75.5 Å². The van der Waals surface area contributed by atoms with E-state index in [4.69, 9.17) is 4.42 Å². The van der Waals surface area contributed by atoms with E-state index in [1.54, 1.807) is 6.07 Å². The third-order valence-corrected chi connectivity index (χ3v) is 1.01. The standard InChI is InChI=1S/C6H6O2.Na.H/c1-5-2-3-8-6(5)4-7;;/h2-4H,1H3;;. The second kappa shape index (κ2) is 3.88. The van der Waals surface area contributed by atoms with Crippen LogP contribution in [0.5, 0.6) is 0 Å². The molecule has 0 fully saturated rings. The number of carbonyl (C=O) groups excluding carboxylic acids is 1. The molecule has 1 aromatic heterocycles. The molecule has 0 atom stereocenters. The van der Waals surface area contributed by atoms with Gasteiger partial charge in [0.15, 0.2) is 12.0 Å². The van der Waals surface area contributed by atoms with Crippen LogP contribution in [0.1, 0.15) is 16.1 Å². The average Bonchev–Trinajstić information content (AvgIpc) is 2.14. The first-order valence-corrected chi connectivity index (χ1v) is 2.34. The molecule has 0 N–H and O–H groups in total. The van der Waals surface area contributed by atoms with Gasteiger partial charge in [-0.1, -0.05) is 0 Å². The van der Waals surface area contributed by atoms with Crippen molar-refractivity contribution in [2.45, 2.75) is 6.92 Å². The zero-order chi connectivity index (χ0) is 5.98. The van der Waals surface area contributed by atoms with E-state index in [1.807, 2.05) is 6.92 Å². The molecule has 1 heterocycles. The van der Waals surface area contributed by atoms with Gasteiger partial charge in [0.05, 0.1) is 6.26 Å². The fraction of sp³-hybridized carbons (Fsp3) is 0.167. The molecule has 0 aromatic carbocycles. The molecular formula is C6H7NaO2. The van der Waals surface area contributed by atoms with Crippen LogP contribution < -0.4 is 0 Å². The fourth-order valence-electron chi connectivity index (χ4n) is 0.505. The number of hydrogen-bond acceptors (Lipinski definition) is 2. The Morgan fingerprint density at radius 1 is 1.67 bits per heavy atom. The van der Waals surface area contributed by atoms with Crippen molar-refractivity contribution in [3.05, 3.63) is 23.7 Å². The Morgan fingerprint density at radius 2 is 2.33 bits per heavy atom. The van der Waals surface area contributed by atoms with Crippen LogP contribution in [-0.4, -0.2) is 35.8 Å². The van der Waals surface area contributed by atoms with Gasteiger partial charge >= 0.3 is 29.6 Å². The number of aldehydes is 1. The molecule has 1 rings (SSSR count). The summed E-state index contributed by atoms with van der Waals surface area (Å²) in [5, 5.41) is 0. The van der Waals surface area contributed by atoms with Crippen molar-refractivity contribution in [1.29, 1.82) is 0 Å². The molecule has 1 aromatic rings. The molecular weight excluding hydrogens is 127 g/mol. The second-order valence-electron chi connectivity index (χ2n) is 1.59.